The third-order valence-corrected chi connectivity index (χ3v) is 4.81. The molecule has 3 rings (SSSR count). The number of hydrogen-bond acceptors (Lipinski definition) is 5. The number of amides is 2. The van der Waals surface area contributed by atoms with E-state index in [0.29, 0.717) is 41.1 Å². The van der Waals surface area contributed by atoms with Gasteiger partial charge in [-0.25, -0.2) is 5.43 Å². The summed E-state index contributed by atoms with van der Waals surface area (Å²) >= 11 is 5.89. The predicted octanol–water partition coefficient (Wildman–Crippen LogP) is 4.80. The Morgan fingerprint density at radius 3 is 2.30 bits per heavy atom. The molecule has 0 aliphatic heterocycles. The Bertz CT molecular complexity index is 1130. The van der Waals surface area contributed by atoms with Gasteiger partial charge in [-0.15, -0.1) is 0 Å². The molecule has 0 saturated heterocycles. The zero-order valence-corrected chi connectivity index (χ0v) is 19.1. The molecule has 0 aliphatic carbocycles. The molecule has 33 heavy (non-hydrogen) atoms. The second-order valence-corrected chi connectivity index (χ2v) is 7.40. The minimum atomic E-state index is -0.886. The van der Waals surface area contributed by atoms with Crippen LogP contribution in [-0.2, 0) is 16.2 Å². The predicted molar refractivity (Wildman–Crippen MR) is 129 cm³/mol. The zero-order chi connectivity index (χ0) is 23.6. The van der Waals surface area contributed by atoms with E-state index in [1.165, 1.54) is 0 Å². The molecule has 0 fully saturated rings. The normalized spacial score (nSPS) is 10.9. The van der Waals surface area contributed by atoms with Gasteiger partial charge in [0.05, 0.1) is 18.0 Å². The maximum Gasteiger partial charge on any atom is 0.329 e. The fraction of sp³-hybridized carbons (Fsp3) is 0.160. The number of carbonyl (C=O) groups excluding carboxylic acids is 2. The van der Waals surface area contributed by atoms with Crippen molar-refractivity contribution in [3.05, 3.63) is 88.9 Å². The third kappa shape index (κ3) is 7.08. The summed E-state index contributed by atoms with van der Waals surface area (Å²) in [6.07, 6.45) is 0. The van der Waals surface area contributed by atoms with E-state index in [2.05, 4.69) is 15.8 Å². The van der Waals surface area contributed by atoms with E-state index in [1.54, 1.807) is 31.2 Å². The number of nitrogens with zero attached hydrogens (tertiary/aromatic N) is 1. The molecule has 2 N–H and O–H groups in total. The Balaban J connectivity index is 1.53. The van der Waals surface area contributed by atoms with Gasteiger partial charge in [0.1, 0.15) is 18.1 Å². The number of hydrazone groups is 1. The van der Waals surface area contributed by atoms with E-state index < -0.39 is 11.8 Å². The van der Waals surface area contributed by atoms with Crippen LogP contribution in [0.15, 0.2) is 77.9 Å². The van der Waals surface area contributed by atoms with Crippen LogP contribution >= 0.6 is 11.6 Å². The highest BCUT2D eigenvalue weighted by Crippen LogP contribution is 2.23. The summed E-state index contributed by atoms with van der Waals surface area (Å²) in [7, 11) is 0. The fourth-order valence-corrected chi connectivity index (χ4v) is 2.95. The smallest absolute Gasteiger partial charge is 0.329 e. The van der Waals surface area contributed by atoms with Gasteiger partial charge < -0.3 is 14.8 Å². The van der Waals surface area contributed by atoms with Gasteiger partial charge in [0, 0.05) is 5.02 Å². The van der Waals surface area contributed by atoms with Crippen LogP contribution in [0.5, 0.6) is 11.5 Å². The molecule has 0 spiro atoms. The highest BCUT2D eigenvalue weighted by molar-refractivity contribution is 6.39. The standard InChI is InChI=1S/C25H24ClN3O4/c1-3-32-23-7-5-4-6-22(23)27-24(30)25(31)29-28-17(2)19-10-14-21(15-11-19)33-16-18-8-12-20(26)13-9-18/h4-15H,3,16H2,1-2H3,(H,27,30)(H,29,31)/b28-17+. The van der Waals surface area contributed by atoms with Crippen LogP contribution in [0, 0.1) is 0 Å². The molecule has 0 atom stereocenters. The first-order chi connectivity index (χ1) is 16.0. The van der Waals surface area contributed by atoms with Gasteiger partial charge in [-0.2, -0.15) is 5.10 Å². The first-order valence-electron chi connectivity index (χ1n) is 10.3. The summed E-state index contributed by atoms with van der Waals surface area (Å²) in [4.78, 5) is 24.3. The number of benzene rings is 3. The topological polar surface area (TPSA) is 89.0 Å². The number of ether oxygens (including phenoxy) is 2. The monoisotopic (exact) mass is 465 g/mol. The lowest BCUT2D eigenvalue weighted by molar-refractivity contribution is -0.136. The van der Waals surface area contributed by atoms with Gasteiger partial charge in [0.2, 0.25) is 0 Å². The maximum atomic E-state index is 12.2. The Labute approximate surface area is 197 Å². The average molecular weight is 466 g/mol. The highest BCUT2D eigenvalue weighted by Gasteiger charge is 2.15. The van der Waals surface area contributed by atoms with Crippen LogP contribution in [0.4, 0.5) is 5.69 Å². The molecule has 0 aromatic heterocycles. The lowest BCUT2D eigenvalue weighted by Gasteiger charge is -2.10. The van der Waals surface area contributed by atoms with E-state index in [4.69, 9.17) is 21.1 Å². The van der Waals surface area contributed by atoms with Crippen LogP contribution in [0.2, 0.25) is 5.02 Å². The first-order valence-corrected chi connectivity index (χ1v) is 10.7. The Kier molecular flexibility index (Phi) is 8.43. The van der Waals surface area contributed by atoms with Gasteiger partial charge in [0.25, 0.3) is 0 Å². The number of carbonyl (C=O) groups is 2. The summed E-state index contributed by atoms with van der Waals surface area (Å²) in [6.45, 7) is 4.42. The Hall–Kier alpha value is -3.84. The fourth-order valence-electron chi connectivity index (χ4n) is 2.82. The van der Waals surface area contributed by atoms with Gasteiger partial charge in [0.15, 0.2) is 0 Å². The minimum Gasteiger partial charge on any atom is -0.492 e. The van der Waals surface area contributed by atoms with Gasteiger partial charge in [-0.3, -0.25) is 9.59 Å². The summed E-state index contributed by atoms with van der Waals surface area (Å²) < 4.78 is 11.2. The van der Waals surface area contributed by atoms with E-state index in [1.807, 2.05) is 55.5 Å². The highest BCUT2D eigenvalue weighted by atomic mass is 35.5. The van der Waals surface area contributed by atoms with Crippen molar-refractivity contribution in [1.82, 2.24) is 5.43 Å². The third-order valence-electron chi connectivity index (χ3n) is 4.56. The van der Waals surface area contributed by atoms with Gasteiger partial charge in [-0.05, 0) is 73.5 Å². The maximum absolute atomic E-state index is 12.2. The SMILES string of the molecule is CCOc1ccccc1NC(=O)C(=O)N/N=C(\C)c1ccc(OCc2ccc(Cl)cc2)cc1. The van der Waals surface area contributed by atoms with Crippen molar-refractivity contribution in [2.75, 3.05) is 11.9 Å². The first kappa shape index (κ1) is 23.8. The van der Waals surface area contributed by atoms with Gasteiger partial charge in [-0.1, -0.05) is 35.9 Å². The van der Waals surface area contributed by atoms with Crippen LogP contribution in [0.3, 0.4) is 0 Å². The number of anilines is 1. The minimum absolute atomic E-state index is 0.411. The second kappa shape index (κ2) is 11.7. The summed E-state index contributed by atoms with van der Waals surface area (Å²) in [5, 5.41) is 7.23. The van der Waals surface area contributed by atoms with E-state index in [-0.39, 0.29) is 0 Å². The molecular weight excluding hydrogens is 442 g/mol. The molecule has 170 valence electrons. The number of hydrogen-bond donors (Lipinski definition) is 2. The lowest BCUT2D eigenvalue weighted by Crippen LogP contribution is -2.33. The molecule has 2 amide bonds. The van der Waals surface area contributed by atoms with Crippen molar-refractivity contribution in [1.29, 1.82) is 0 Å². The summed E-state index contributed by atoms with van der Waals surface area (Å²) in [6, 6.07) is 21.6. The number of rotatable bonds is 8. The van der Waals surface area contributed by atoms with Crippen molar-refractivity contribution >= 4 is 34.8 Å². The molecule has 7 nitrogen and oxygen atoms in total. The Morgan fingerprint density at radius 2 is 1.61 bits per heavy atom. The molecule has 0 heterocycles. The molecular formula is C25H24ClN3O4. The second-order valence-electron chi connectivity index (χ2n) is 6.96. The zero-order valence-electron chi connectivity index (χ0n) is 18.3. The molecule has 8 heteroatoms. The van der Waals surface area contributed by atoms with Crippen LogP contribution < -0.4 is 20.2 Å². The van der Waals surface area contributed by atoms with E-state index >= 15 is 0 Å². The van der Waals surface area contributed by atoms with Crippen molar-refractivity contribution in [2.24, 2.45) is 5.10 Å². The number of nitrogens with one attached hydrogen (secondary N) is 2. The summed E-state index contributed by atoms with van der Waals surface area (Å²) in [5.74, 6) is -0.551. The lowest BCUT2D eigenvalue weighted by atomic mass is 10.1. The van der Waals surface area contributed by atoms with Crippen LogP contribution in [0.25, 0.3) is 0 Å². The van der Waals surface area contributed by atoms with Crippen molar-refractivity contribution in [2.45, 2.75) is 20.5 Å². The Morgan fingerprint density at radius 1 is 0.909 bits per heavy atom. The molecule has 0 aliphatic rings. The van der Waals surface area contributed by atoms with Crippen molar-refractivity contribution in [3.8, 4) is 11.5 Å². The average Bonchev–Trinajstić information content (AvgIpc) is 2.83. The van der Waals surface area contributed by atoms with Gasteiger partial charge >= 0.3 is 11.8 Å². The summed E-state index contributed by atoms with van der Waals surface area (Å²) in [5.41, 5.74) is 5.00. The molecule has 0 unspecified atom stereocenters. The molecule has 3 aromatic rings. The quantitative estimate of drug-likeness (QED) is 0.284. The molecule has 3 aromatic carbocycles. The number of halogens is 1. The molecule has 0 bridgehead atoms. The van der Waals surface area contributed by atoms with Crippen molar-refractivity contribution in [3.63, 3.8) is 0 Å². The van der Waals surface area contributed by atoms with Crippen LogP contribution in [0.1, 0.15) is 25.0 Å². The van der Waals surface area contributed by atoms with E-state index in [0.717, 1.165) is 11.1 Å². The molecule has 0 saturated carbocycles. The number of para-hydroxylation sites is 2. The van der Waals surface area contributed by atoms with Crippen LogP contribution in [-0.4, -0.2) is 24.1 Å². The van der Waals surface area contributed by atoms with Crippen molar-refractivity contribution < 1.29 is 19.1 Å². The van der Waals surface area contributed by atoms with E-state index in [9.17, 15) is 9.59 Å². The molecule has 0 radical (unpaired) electrons. The largest absolute Gasteiger partial charge is 0.492 e.